The Bertz CT molecular complexity index is 374. The van der Waals surface area contributed by atoms with Crippen LogP contribution in [0.4, 0.5) is 0 Å². The first-order valence-corrected chi connectivity index (χ1v) is 3.46. The topological polar surface area (TPSA) is 115 Å². The normalized spacial score (nSPS) is 9.07. The number of phenols is 2. The minimum atomic E-state index is -1.45. The second kappa shape index (κ2) is 4.85. The van der Waals surface area contributed by atoms with E-state index in [1.165, 1.54) is 0 Å². The Morgan fingerprint density at radius 1 is 0.867 bits per heavy atom. The van der Waals surface area contributed by atoms with Crippen LogP contribution in [0.5, 0.6) is 11.5 Å². The smallest absolute Gasteiger partial charge is 0.339 e. The van der Waals surface area contributed by atoms with Gasteiger partial charge in [0.25, 0.3) is 0 Å². The highest BCUT2D eigenvalue weighted by Gasteiger charge is 2.17. The zero-order valence-electron chi connectivity index (χ0n) is 6.76. The fraction of sp³-hybridized carbons (Fsp3) is 0. The summed E-state index contributed by atoms with van der Waals surface area (Å²) in [6.07, 6.45) is 0. The van der Waals surface area contributed by atoms with E-state index in [-0.39, 0.29) is 23.1 Å². The van der Waals surface area contributed by atoms with Crippen molar-refractivity contribution in [3.05, 3.63) is 23.3 Å². The minimum Gasteiger partial charge on any atom is -0.507 e. The Hall–Kier alpha value is -1.47. The standard InChI is InChI=1S/C8H6O6.Mg.2H/c9-5-1-3(7(11)12)6(10)2-4(5)8(13)14;;;/h1-2,9-10H,(H,11,12)(H,13,14);;;. The van der Waals surface area contributed by atoms with Crippen LogP contribution in [0, 0.1) is 0 Å². The van der Waals surface area contributed by atoms with E-state index in [2.05, 4.69) is 0 Å². The first-order valence-electron chi connectivity index (χ1n) is 3.46. The lowest BCUT2D eigenvalue weighted by atomic mass is 10.1. The number of rotatable bonds is 2. The molecule has 0 saturated heterocycles. The van der Waals surface area contributed by atoms with Gasteiger partial charge in [0.2, 0.25) is 0 Å². The van der Waals surface area contributed by atoms with Crippen molar-refractivity contribution in [2.45, 2.75) is 0 Å². The first-order chi connectivity index (χ1) is 6.43. The molecule has 0 aliphatic carbocycles. The lowest BCUT2D eigenvalue weighted by Crippen LogP contribution is -2.01. The van der Waals surface area contributed by atoms with E-state index >= 15 is 0 Å². The maximum absolute atomic E-state index is 10.4. The van der Waals surface area contributed by atoms with Crippen molar-refractivity contribution in [1.82, 2.24) is 0 Å². The number of aromatic hydroxyl groups is 2. The molecule has 1 rings (SSSR count). The average Bonchev–Trinajstić information content (AvgIpc) is 2.07. The zero-order chi connectivity index (χ0) is 10.9. The predicted octanol–water partition coefficient (Wildman–Crippen LogP) is -0.422. The second-order valence-electron chi connectivity index (χ2n) is 2.50. The lowest BCUT2D eigenvalue weighted by molar-refractivity contribution is 0.0675. The van der Waals surface area contributed by atoms with Crippen molar-refractivity contribution < 1.29 is 30.0 Å². The minimum absolute atomic E-state index is 0. The Morgan fingerprint density at radius 2 is 1.13 bits per heavy atom. The van der Waals surface area contributed by atoms with Crippen molar-refractivity contribution in [2.24, 2.45) is 0 Å². The average molecular weight is 224 g/mol. The molecule has 78 valence electrons. The Kier molecular flexibility index (Phi) is 4.37. The van der Waals surface area contributed by atoms with Crippen LogP contribution in [0.2, 0.25) is 0 Å². The molecule has 0 unspecified atom stereocenters. The molecule has 0 fully saturated rings. The molecule has 0 atom stereocenters. The third-order valence-electron chi connectivity index (χ3n) is 1.57. The molecule has 0 amide bonds. The largest absolute Gasteiger partial charge is 0.507 e. The van der Waals surface area contributed by atoms with Crippen LogP contribution in [0.1, 0.15) is 20.7 Å². The maximum Gasteiger partial charge on any atom is 0.339 e. The van der Waals surface area contributed by atoms with Gasteiger partial charge in [0.15, 0.2) is 0 Å². The monoisotopic (exact) mass is 224 g/mol. The fourth-order valence-electron chi connectivity index (χ4n) is 0.919. The number of carbonyl (C=O) groups is 2. The molecule has 0 aliphatic rings. The summed E-state index contributed by atoms with van der Waals surface area (Å²) in [4.78, 5) is 20.9. The Labute approximate surface area is 99.9 Å². The molecule has 4 N–H and O–H groups in total. The van der Waals surface area contributed by atoms with Crippen LogP contribution in [-0.4, -0.2) is 55.4 Å². The number of carboxylic acids is 2. The summed E-state index contributed by atoms with van der Waals surface area (Å²) in [5, 5.41) is 35.2. The van der Waals surface area contributed by atoms with E-state index < -0.39 is 34.6 Å². The van der Waals surface area contributed by atoms with Crippen molar-refractivity contribution in [2.75, 3.05) is 0 Å². The third kappa shape index (κ3) is 2.74. The third-order valence-corrected chi connectivity index (χ3v) is 1.57. The molecule has 0 heterocycles. The summed E-state index contributed by atoms with van der Waals surface area (Å²) < 4.78 is 0. The van der Waals surface area contributed by atoms with Crippen LogP contribution >= 0.6 is 0 Å². The SMILES string of the molecule is O=C(O)c1cc(O)c(C(=O)O)cc1O.[MgH2]. The van der Waals surface area contributed by atoms with Gasteiger partial charge in [-0.3, -0.25) is 0 Å². The van der Waals surface area contributed by atoms with Crippen molar-refractivity contribution in [3.63, 3.8) is 0 Å². The molecule has 15 heavy (non-hydrogen) atoms. The molecule has 6 nitrogen and oxygen atoms in total. The van der Waals surface area contributed by atoms with Crippen molar-refractivity contribution in [3.8, 4) is 11.5 Å². The van der Waals surface area contributed by atoms with Gasteiger partial charge in [0.05, 0.1) is 0 Å². The van der Waals surface area contributed by atoms with E-state index in [0.717, 1.165) is 0 Å². The van der Waals surface area contributed by atoms with Crippen molar-refractivity contribution in [1.29, 1.82) is 0 Å². The summed E-state index contributed by atoms with van der Waals surface area (Å²) in [5.74, 6) is -4.30. The number of hydrogen-bond donors (Lipinski definition) is 4. The quantitative estimate of drug-likeness (QED) is 0.400. The van der Waals surface area contributed by atoms with E-state index in [0.29, 0.717) is 12.1 Å². The van der Waals surface area contributed by atoms with Gasteiger partial charge < -0.3 is 20.4 Å². The van der Waals surface area contributed by atoms with Gasteiger partial charge in [-0.15, -0.1) is 0 Å². The van der Waals surface area contributed by atoms with Gasteiger partial charge in [0.1, 0.15) is 22.6 Å². The number of aromatic carboxylic acids is 2. The molecule has 7 heteroatoms. The maximum atomic E-state index is 10.4. The first kappa shape index (κ1) is 13.5. The summed E-state index contributed by atoms with van der Waals surface area (Å²) in [6.45, 7) is 0. The van der Waals surface area contributed by atoms with Gasteiger partial charge >= 0.3 is 35.0 Å². The molecule has 1 aromatic rings. The molecular weight excluding hydrogens is 216 g/mol. The van der Waals surface area contributed by atoms with E-state index in [1.807, 2.05) is 0 Å². The Morgan fingerprint density at radius 3 is 1.33 bits per heavy atom. The summed E-state index contributed by atoms with van der Waals surface area (Å²) in [6, 6.07) is 1.36. The number of carboxylic acid groups (broad SMARTS) is 2. The highest BCUT2D eigenvalue weighted by atomic mass is 24.3. The molecular formula is C8H8MgO6. The zero-order valence-corrected chi connectivity index (χ0v) is 6.76. The predicted molar refractivity (Wildman–Crippen MR) is 52.2 cm³/mol. The second-order valence-corrected chi connectivity index (χ2v) is 2.50. The molecule has 0 radical (unpaired) electrons. The molecule has 0 aliphatic heterocycles. The van der Waals surface area contributed by atoms with E-state index in [4.69, 9.17) is 20.4 Å². The van der Waals surface area contributed by atoms with Crippen LogP contribution in [0.3, 0.4) is 0 Å². The van der Waals surface area contributed by atoms with Gasteiger partial charge in [-0.05, 0) is 12.1 Å². The highest BCUT2D eigenvalue weighted by molar-refractivity contribution is 5.96. The highest BCUT2D eigenvalue weighted by Crippen LogP contribution is 2.27. The van der Waals surface area contributed by atoms with Crippen LogP contribution in [0.25, 0.3) is 0 Å². The molecule has 1 aromatic carbocycles. The van der Waals surface area contributed by atoms with Crippen LogP contribution < -0.4 is 0 Å². The number of hydrogen-bond acceptors (Lipinski definition) is 4. The van der Waals surface area contributed by atoms with Crippen molar-refractivity contribution >= 4 is 35.0 Å². The van der Waals surface area contributed by atoms with Crippen LogP contribution in [0.15, 0.2) is 12.1 Å². The van der Waals surface area contributed by atoms with E-state index in [1.54, 1.807) is 0 Å². The van der Waals surface area contributed by atoms with Gasteiger partial charge in [-0.1, -0.05) is 0 Å². The molecule has 0 aromatic heterocycles. The molecule has 0 spiro atoms. The van der Waals surface area contributed by atoms with Crippen LogP contribution in [-0.2, 0) is 0 Å². The molecule has 0 bridgehead atoms. The van der Waals surface area contributed by atoms with Gasteiger partial charge in [-0.2, -0.15) is 0 Å². The summed E-state index contributed by atoms with van der Waals surface area (Å²) in [5.41, 5.74) is -1.10. The number of benzene rings is 1. The van der Waals surface area contributed by atoms with Gasteiger partial charge in [-0.25, -0.2) is 9.59 Å². The summed E-state index contributed by atoms with van der Waals surface area (Å²) in [7, 11) is 0. The van der Waals surface area contributed by atoms with Gasteiger partial charge in [0, 0.05) is 0 Å². The lowest BCUT2D eigenvalue weighted by Gasteiger charge is -2.03. The summed E-state index contributed by atoms with van der Waals surface area (Å²) >= 11 is 0. The Balaban J connectivity index is 0.00000196. The fourth-order valence-corrected chi connectivity index (χ4v) is 0.919. The van der Waals surface area contributed by atoms with E-state index in [9.17, 15) is 9.59 Å². The molecule has 0 saturated carbocycles.